The second-order valence-electron chi connectivity index (χ2n) is 4.00. The van der Waals surface area contributed by atoms with Gasteiger partial charge in [0.2, 0.25) is 5.91 Å². The van der Waals surface area contributed by atoms with E-state index in [1.54, 1.807) is 18.2 Å². The zero-order chi connectivity index (χ0) is 12.7. The van der Waals surface area contributed by atoms with Gasteiger partial charge in [-0.05, 0) is 32.4 Å². The van der Waals surface area contributed by atoms with Crippen LogP contribution in [-0.4, -0.2) is 31.1 Å². The molecule has 1 rings (SSSR count). The zero-order valence-electron chi connectivity index (χ0n) is 10.8. The summed E-state index contributed by atoms with van der Waals surface area (Å²) in [6.07, 6.45) is 2.91. The predicted octanol–water partition coefficient (Wildman–Crippen LogP) is 2.62. The molecule has 0 bridgehead atoms. The van der Waals surface area contributed by atoms with E-state index in [0.717, 1.165) is 12.2 Å². The normalized spacial score (nSPS) is 12.4. The molecule has 1 aromatic rings. The number of furan rings is 1. The highest BCUT2D eigenvalue weighted by atomic mass is 16.5. The lowest BCUT2D eigenvalue weighted by atomic mass is 10.2. The number of amides is 1. The summed E-state index contributed by atoms with van der Waals surface area (Å²) in [5.74, 6) is 0.930. The number of rotatable bonds is 7. The van der Waals surface area contributed by atoms with Crippen LogP contribution in [0.2, 0.25) is 0 Å². The number of hydrogen-bond donors (Lipinski definition) is 0. The van der Waals surface area contributed by atoms with Crippen LogP contribution >= 0.6 is 0 Å². The van der Waals surface area contributed by atoms with Crippen LogP contribution in [-0.2, 0) is 9.53 Å². The Kier molecular flexibility index (Phi) is 5.77. The molecular weight excluding hydrogens is 218 g/mol. The van der Waals surface area contributed by atoms with Crippen LogP contribution in [0, 0.1) is 0 Å². The molecule has 0 radical (unpaired) electrons. The van der Waals surface area contributed by atoms with Gasteiger partial charge in [0.1, 0.15) is 5.76 Å². The van der Waals surface area contributed by atoms with Gasteiger partial charge in [0.15, 0.2) is 0 Å². The molecular formula is C13H21NO3. The Labute approximate surface area is 103 Å². The lowest BCUT2D eigenvalue weighted by Gasteiger charge is -2.23. The maximum absolute atomic E-state index is 11.9. The first-order chi connectivity index (χ1) is 8.16. The smallest absolute Gasteiger partial charge is 0.223 e. The summed E-state index contributed by atoms with van der Waals surface area (Å²) in [4.78, 5) is 13.6. The quantitative estimate of drug-likeness (QED) is 0.687. The monoisotopic (exact) mass is 239 g/mol. The summed E-state index contributed by atoms with van der Waals surface area (Å²) >= 11 is 0. The molecule has 1 amide bonds. The van der Waals surface area contributed by atoms with Gasteiger partial charge < -0.3 is 14.1 Å². The number of nitrogens with zero attached hydrogens (tertiary/aromatic N) is 1. The third-order valence-electron chi connectivity index (χ3n) is 2.81. The average Bonchev–Trinajstić information content (AvgIpc) is 2.86. The molecule has 1 heterocycles. The Morgan fingerprint density at radius 2 is 2.35 bits per heavy atom. The van der Waals surface area contributed by atoms with E-state index >= 15 is 0 Å². The van der Waals surface area contributed by atoms with Gasteiger partial charge in [-0.1, -0.05) is 0 Å². The summed E-state index contributed by atoms with van der Waals surface area (Å²) in [7, 11) is 1.80. The van der Waals surface area contributed by atoms with Crippen LogP contribution in [0.25, 0.3) is 0 Å². The lowest BCUT2D eigenvalue weighted by Crippen LogP contribution is -2.29. The van der Waals surface area contributed by atoms with Crippen LogP contribution in [0.4, 0.5) is 0 Å². The molecule has 0 saturated carbocycles. The average molecular weight is 239 g/mol. The Balaban J connectivity index is 2.36. The Morgan fingerprint density at radius 1 is 1.59 bits per heavy atom. The highest BCUT2D eigenvalue weighted by molar-refractivity contribution is 5.76. The first kappa shape index (κ1) is 13.8. The van der Waals surface area contributed by atoms with Crippen molar-refractivity contribution in [2.45, 2.75) is 32.7 Å². The summed E-state index contributed by atoms with van der Waals surface area (Å²) in [6.45, 7) is 5.25. The van der Waals surface area contributed by atoms with E-state index in [1.165, 1.54) is 0 Å². The first-order valence-electron chi connectivity index (χ1n) is 6.03. The lowest BCUT2D eigenvalue weighted by molar-refractivity contribution is -0.132. The molecule has 0 aliphatic carbocycles. The minimum atomic E-state index is -0.0235. The van der Waals surface area contributed by atoms with Gasteiger partial charge in [-0.15, -0.1) is 0 Å². The molecule has 4 heteroatoms. The van der Waals surface area contributed by atoms with Crippen LogP contribution in [0.5, 0.6) is 0 Å². The molecule has 0 aliphatic rings. The highest BCUT2D eigenvalue weighted by Crippen LogP contribution is 2.19. The molecule has 1 aromatic heterocycles. The molecule has 0 fully saturated rings. The van der Waals surface area contributed by atoms with Gasteiger partial charge in [-0.2, -0.15) is 0 Å². The number of hydrogen-bond acceptors (Lipinski definition) is 3. The van der Waals surface area contributed by atoms with Crippen molar-refractivity contribution in [1.29, 1.82) is 0 Å². The first-order valence-corrected chi connectivity index (χ1v) is 6.03. The van der Waals surface area contributed by atoms with E-state index in [0.29, 0.717) is 19.6 Å². The second-order valence-corrected chi connectivity index (χ2v) is 4.00. The maximum Gasteiger partial charge on any atom is 0.223 e. The molecule has 0 spiro atoms. The molecule has 0 aromatic carbocycles. The van der Waals surface area contributed by atoms with Crippen LogP contribution in [0.3, 0.4) is 0 Å². The fraction of sp³-hybridized carbons (Fsp3) is 0.615. The fourth-order valence-electron chi connectivity index (χ4n) is 1.58. The van der Waals surface area contributed by atoms with Crippen molar-refractivity contribution in [2.24, 2.45) is 0 Å². The van der Waals surface area contributed by atoms with E-state index in [2.05, 4.69) is 0 Å². The molecule has 0 aliphatic heterocycles. The number of carbonyl (C=O) groups excluding carboxylic acids is 1. The summed E-state index contributed by atoms with van der Waals surface area (Å²) in [6, 6.07) is 3.69. The molecule has 1 atom stereocenters. The number of carbonyl (C=O) groups is 1. The predicted molar refractivity (Wildman–Crippen MR) is 65.6 cm³/mol. The maximum atomic E-state index is 11.9. The highest BCUT2D eigenvalue weighted by Gasteiger charge is 2.18. The Morgan fingerprint density at radius 3 is 2.94 bits per heavy atom. The Bertz CT molecular complexity index is 321. The molecule has 17 heavy (non-hydrogen) atoms. The molecule has 1 unspecified atom stereocenters. The van der Waals surface area contributed by atoms with Crippen molar-refractivity contribution in [2.75, 3.05) is 20.3 Å². The van der Waals surface area contributed by atoms with Crippen LogP contribution in [0.15, 0.2) is 22.8 Å². The van der Waals surface area contributed by atoms with Gasteiger partial charge >= 0.3 is 0 Å². The molecule has 96 valence electrons. The van der Waals surface area contributed by atoms with Crippen LogP contribution < -0.4 is 0 Å². The summed E-state index contributed by atoms with van der Waals surface area (Å²) in [5.41, 5.74) is 0. The van der Waals surface area contributed by atoms with E-state index in [9.17, 15) is 4.79 Å². The minimum absolute atomic E-state index is 0.0235. The van der Waals surface area contributed by atoms with Gasteiger partial charge in [-0.25, -0.2) is 0 Å². The van der Waals surface area contributed by atoms with Crippen molar-refractivity contribution >= 4 is 5.91 Å². The fourth-order valence-corrected chi connectivity index (χ4v) is 1.58. The summed E-state index contributed by atoms with van der Waals surface area (Å²) in [5, 5.41) is 0. The topological polar surface area (TPSA) is 42.7 Å². The standard InChI is InChI=1S/C13H21NO3/c1-4-16-9-6-8-13(15)14(3)11(2)12-7-5-10-17-12/h5,7,10-11H,4,6,8-9H2,1-3H3. The Hall–Kier alpha value is -1.29. The van der Waals surface area contributed by atoms with Crippen LogP contribution in [0.1, 0.15) is 38.5 Å². The van der Waals surface area contributed by atoms with Crippen molar-refractivity contribution in [3.8, 4) is 0 Å². The second kappa shape index (κ2) is 7.12. The van der Waals surface area contributed by atoms with Gasteiger partial charge in [0.05, 0.1) is 12.3 Å². The van der Waals surface area contributed by atoms with E-state index in [1.807, 2.05) is 26.0 Å². The van der Waals surface area contributed by atoms with Gasteiger partial charge in [0, 0.05) is 26.7 Å². The summed E-state index contributed by atoms with van der Waals surface area (Å²) < 4.78 is 10.5. The van der Waals surface area contributed by atoms with E-state index in [4.69, 9.17) is 9.15 Å². The molecule has 0 N–H and O–H groups in total. The van der Waals surface area contributed by atoms with Crippen molar-refractivity contribution in [1.82, 2.24) is 4.90 Å². The largest absolute Gasteiger partial charge is 0.467 e. The molecule has 0 saturated heterocycles. The zero-order valence-corrected chi connectivity index (χ0v) is 10.8. The van der Waals surface area contributed by atoms with Gasteiger partial charge in [-0.3, -0.25) is 4.79 Å². The van der Waals surface area contributed by atoms with Crippen molar-refractivity contribution < 1.29 is 13.9 Å². The number of ether oxygens (including phenoxy) is 1. The van der Waals surface area contributed by atoms with Crippen molar-refractivity contribution in [3.05, 3.63) is 24.2 Å². The van der Waals surface area contributed by atoms with Gasteiger partial charge in [0.25, 0.3) is 0 Å². The SMILES string of the molecule is CCOCCCC(=O)N(C)C(C)c1ccco1. The third kappa shape index (κ3) is 4.23. The third-order valence-corrected chi connectivity index (χ3v) is 2.81. The minimum Gasteiger partial charge on any atom is -0.467 e. The van der Waals surface area contributed by atoms with E-state index in [-0.39, 0.29) is 11.9 Å². The van der Waals surface area contributed by atoms with Crippen molar-refractivity contribution in [3.63, 3.8) is 0 Å². The molecule has 4 nitrogen and oxygen atoms in total. The van der Waals surface area contributed by atoms with E-state index < -0.39 is 0 Å².